The first kappa shape index (κ1) is 7.26. The fraction of sp³-hybridized carbons (Fsp3) is 1.00. The molecule has 0 aromatic heterocycles. The number of hydrogen-bond acceptors (Lipinski definition) is 3. The molecule has 0 radical (unpaired) electrons. The molecule has 54 valence electrons. The van der Waals surface area contributed by atoms with Crippen molar-refractivity contribution in [2.24, 2.45) is 0 Å². The van der Waals surface area contributed by atoms with Gasteiger partial charge in [-0.2, -0.15) is 0 Å². The van der Waals surface area contributed by atoms with Crippen LogP contribution in [0.15, 0.2) is 0 Å². The first-order valence-electron chi connectivity index (χ1n) is 3.08. The summed E-state index contributed by atoms with van der Waals surface area (Å²) in [5, 5.41) is 0. The van der Waals surface area contributed by atoms with Gasteiger partial charge in [-0.15, -0.1) is 0 Å². The summed E-state index contributed by atoms with van der Waals surface area (Å²) in [7, 11) is -2.61. The number of rotatable bonds is 1. The molecule has 1 heterocycles. The van der Waals surface area contributed by atoms with Gasteiger partial charge in [0.15, 0.2) is 0 Å². The maximum absolute atomic E-state index is 11.1. The Hall–Kier alpha value is 0.150. The lowest BCUT2D eigenvalue weighted by molar-refractivity contribution is 0.257. The first-order chi connectivity index (χ1) is 4.16. The minimum absolute atomic E-state index is 0.00998. The molecule has 0 spiro atoms. The van der Waals surface area contributed by atoms with Crippen molar-refractivity contribution in [3.8, 4) is 0 Å². The van der Waals surface area contributed by atoms with Crippen LogP contribution in [-0.4, -0.2) is 18.9 Å². The molecule has 1 aliphatic heterocycles. The van der Waals surface area contributed by atoms with Gasteiger partial charge in [-0.3, -0.25) is 4.57 Å². The Kier molecular flexibility index (Phi) is 1.94. The standard InChI is InChI=1S/C5H11O3P/c1-3-9(6)7-4-5(2)8-9/h5H,3-4H2,1-2H3. The molecule has 0 N–H and O–H groups in total. The van der Waals surface area contributed by atoms with Crippen LogP contribution in [0.4, 0.5) is 0 Å². The molecule has 0 amide bonds. The molecule has 0 saturated carbocycles. The van der Waals surface area contributed by atoms with Crippen molar-refractivity contribution < 1.29 is 13.6 Å². The zero-order chi connectivity index (χ0) is 6.91. The second kappa shape index (κ2) is 2.41. The molecular formula is C5H11O3P. The molecule has 1 aliphatic rings. The van der Waals surface area contributed by atoms with Crippen LogP contribution < -0.4 is 0 Å². The van der Waals surface area contributed by atoms with Crippen molar-refractivity contribution in [2.75, 3.05) is 12.8 Å². The topological polar surface area (TPSA) is 35.5 Å². The van der Waals surface area contributed by atoms with E-state index in [0.29, 0.717) is 12.8 Å². The Morgan fingerprint density at radius 2 is 2.44 bits per heavy atom. The van der Waals surface area contributed by atoms with Crippen molar-refractivity contribution in [3.05, 3.63) is 0 Å². The number of hydrogen-bond donors (Lipinski definition) is 0. The van der Waals surface area contributed by atoms with E-state index >= 15 is 0 Å². The summed E-state index contributed by atoms with van der Waals surface area (Å²) >= 11 is 0. The summed E-state index contributed by atoms with van der Waals surface area (Å²) in [6, 6.07) is 0. The highest BCUT2D eigenvalue weighted by molar-refractivity contribution is 7.54. The second-order valence-corrected chi connectivity index (χ2v) is 4.46. The molecule has 0 aliphatic carbocycles. The Morgan fingerprint density at radius 3 is 2.67 bits per heavy atom. The molecule has 2 atom stereocenters. The highest BCUT2D eigenvalue weighted by Gasteiger charge is 2.32. The third kappa shape index (κ3) is 1.54. The summed E-state index contributed by atoms with van der Waals surface area (Å²) in [4.78, 5) is 0. The minimum Gasteiger partial charge on any atom is -0.306 e. The first-order valence-corrected chi connectivity index (χ1v) is 4.81. The van der Waals surface area contributed by atoms with Crippen LogP contribution in [0.1, 0.15) is 13.8 Å². The van der Waals surface area contributed by atoms with Gasteiger partial charge < -0.3 is 9.05 Å². The van der Waals surface area contributed by atoms with Crippen LogP contribution in [0.25, 0.3) is 0 Å². The quantitative estimate of drug-likeness (QED) is 0.533. The van der Waals surface area contributed by atoms with Gasteiger partial charge in [0, 0.05) is 6.16 Å². The van der Waals surface area contributed by atoms with Crippen LogP contribution in [-0.2, 0) is 13.6 Å². The lowest BCUT2D eigenvalue weighted by atomic mass is 10.5. The minimum atomic E-state index is -2.61. The predicted molar refractivity (Wildman–Crippen MR) is 34.6 cm³/mol. The molecule has 3 nitrogen and oxygen atoms in total. The van der Waals surface area contributed by atoms with Gasteiger partial charge in [-0.1, -0.05) is 6.92 Å². The van der Waals surface area contributed by atoms with E-state index in [9.17, 15) is 4.57 Å². The molecule has 9 heavy (non-hydrogen) atoms. The van der Waals surface area contributed by atoms with E-state index in [1.165, 1.54) is 0 Å². The van der Waals surface area contributed by atoms with Crippen molar-refractivity contribution in [2.45, 2.75) is 20.0 Å². The summed E-state index contributed by atoms with van der Waals surface area (Å²) in [6.45, 7) is 4.14. The van der Waals surface area contributed by atoms with E-state index in [2.05, 4.69) is 0 Å². The van der Waals surface area contributed by atoms with Gasteiger partial charge >= 0.3 is 7.60 Å². The van der Waals surface area contributed by atoms with Gasteiger partial charge in [-0.05, 0) is 6.92 Å². The largest absolute Gasteiger partial charge is 0.330 e. The van der Waals surface area contributed by atoms with Crippen molar-refractivity contribution >= 4 is 7.60 Å². The second-order valence-electron chi connectivity index (χ2n) is 2.14. The Morgan fingerprint density at radius 1 is 1.78 bits per heavy atom. The lowest BCUT2D eigenvalue weighted by Gasteiger charge is -2.04. The van der Waals surface area contributed by atoms with Crippen molar-refractivity contribution in [3.63, 3.8) is 0 Å². The molecule has 1 saturated heterocycles. The van der Waals surface area contributed by atoms with E-state index in [0.717, 1.165) is 0 Å². The van der Waals surface area contributed by atoms with E-state index in [1.807, 2.05) is 6.92 Å². The Bertz CT molecular complexity index is 145. The van der Waals surface area contributed by atoms with Crippen LogP contribution in [0, 0.1) is 0 Å². The van der Waals surface area contributed by atoms with Crippen LogP contribution >= 0.6 is 7.60 Å². The fourth-order valence-electron chi connectivity index (χ4n) is 0.719. The van der Waals surface area contributed by atoms with Crippen LogP contribution in [0.5, 0.6) is 0 Å². The predicted octanol–water partition coefficient (Wildman–Crippen LogP) is 1.63. The summed E-state index contributed by atoms with van der Waals surface area (Å²) in [6.07, 6.45) is 0.493. The van der Waals surface area contributed by atoms with Gasteiger partial charge in [0.25, 0.3) is 0 Å². The monoisotopic (exact) mass is 150 g/mol. The highest BCUT2D eigenvalue weighted by Crippen LogP contribution is 2.53. The Labute approximate surface area is 54.9 Å². The zero-order valence-corrected chi connectivity index (χ0v) is 6.56. The van der Waals surface area contributed by atoms with Crippen molar-refractivity contribution in [1.82, 2.24) is 0 Å². The summed E-state index contributed by atoms with van der Waals surface area (Å²) in [5.41, 5.74) is 0. The smallest absolute Gasteiger partial charge is 0.306 e. The molecule has 0 bridgehead atoms. The third-order valence-corrected chi connectivity index (χ3v) is 3.23. The molecular weight excluding hydrogens is 139 g/mol. The highest BCUT2D eigenvalue weighted by atomic mass is 31.2. The lowest BCUT2D eigenvalue weighted by Crippen LogP contribution is -2.00. The molecule has 0 aromatic rings. The molecule has 4 heteroatoms. The third-order valence-electron chi connectivity index (χ3n) is 1.23. The van der Waals surface area contributed by atoms with Crippen molar-refractivity contribution in [1.29, 1.82) is 0 Å². The van der Waals surface area contributed by atoms with E-state index < -0.39 is 7.60 Å². The fourth-order valence-corrected chi connectivity index (χ4v) is 2.16. The normalized spacial score (nSPS) is 43.6. The van der Waals surface area contributed by atoms with Gasteiger partial charge in [0.05, 0.1) is 12.7 Å². The van der Waals surface area contributed by atoms with E-state index in [1.54, 1.807) is 6.92 Å². The van der Waals surface area contributed by atoms with Crippen LogP contribution in [0.3, 0.4) is 0 Å². The Balaban J connectivity index is 2.55. The van der Waals surface area contributed by atoms with Gasteiger partial charge in [0.2, 0.25) is 0 Å². The molecule has 2 unspecified atom stereocenters. The molecule has 1 fully saturated rings. The van der Waals surface area contributed by atoms with Gasteiger partial charge in [0.1, 0.15) is 0 Å². The SMILES string of the molecule is CCP1(=O)OCC(C)O1. The maximum Gasteiger partial charge on any atom is 0.330 e. The summed E-state index contributed by atoms with van der Waals surface area (Å²) < 4.78 is 21.1. The van der Waals surface area contributed by atoms with E-state index in [-0.39, 0.29) is 6.10 Å². The maximum atomic E-state index is 11.1. The molecule has 0 aromatic carbocycles. The van der Waals surface area contributed by atoms with E-state index in [4.69, 9.17) is 9.05 Å². The average molecular weight is 150 g/mol. The molecule has 1 rings (SSSR count). The van der Waals surface area contributed by atoms with Gasteiger partial charge in [-0.25, -0.2) is 0 Å². The van der Waals surface area contributed by atoms with Crippen LogP contribution in [0.2, 0.25) is 0 Å². The zero-order valence-electron chi connectivity index (χ0n) is 5.66. The average Bonchev–Trinajstić information content (AvgIpc) is 2.13. The summed E-state index contributed by atoms with van der Waals surface area (Å²) in [5.74, 6) is 0.